The number of thioether (sulfide) groups is 1. The van der Waals surface area contributed by atoms with E-state index in [1.54, 1.807) is 12.1 Å². The zero-order valence-corrected chi connectivity index (χ0v) is 18.5. The Kier molecular flexibility index (Phi) is 5.53. The Morgan fingerprint density at radius 2 is 1.85 bits per heavy atom. The summed E-state index contributed by atoms with van der Waals surface area (Å²) in [5.41, 5.74) is 3.03. The number of nitrogens with one attached hydrogen (secondary N) is 1. The molecule has 0 unspecified atom stereocenters. The van der Waals surface area contributed by atoms with Crippen LogP contribution in [-0.2, 0) is 6.54 Å². The standard InChI is InChI=1S/C24H21FN4O3S/c1-24(30,31)14-33-23-26-22(27-28-23)21-9-8-20(32-21)17-4-7-19-16(12-17)10-11-29(19)13-15-2-5-18(25)6-3-15/h2-12,30-31H,13-14H2,1H3,(H,26,27,28). The summed E-state index contributed by atoms with van der Waals surface area (Å²) in [7, 11) is 0. The minimum atomic E-state index is -1.79. The van der Waals surface area contributed by atoms with Crippen LogP contribution in [0.2, 0.25) is 0 Å². The monoisotopic (exact) mass is 464 g/mol. The number of H-pyrrole nitrogens is 1. The van der Waals surface area contributed by atoms with Crippen LogP contribution in [0.25, 0.3) is 33.8 Å². The Hall–Kier alpha value is -3.40. The molecule has 0 radical (unpaired) electrons. The summed E-state index contributed by atoms with van der Waals surface area (Å²) in [6, 6.07) is 18.4. The summed E-state index contributed by atoms with van der Waals surface area (Å²) in [5, 5.41) is 27.2. The number of hydrogen-bond acceptors (Lipinski definition) is 6. The molecule has 3 aromatic heterocycles. The average molecular weight is 465 g/mol. The summed E-state index contributed by atoms with van der Waals surface area (Å²) >= 11 is 1.13. The normalized spacial score (nSPS) is 12.0. The molecule has 0 amide bonds. The van der Waals surface area contributed by atoms with E-state index in [0.29, 0.717) is 29.0 Å². The van der Waals surface area contributed by atoms with E-state index in [4.69, 9.17) is 4.42 Å². The number of halogens is 1. The third kappa shape index (κ3) is 4.85. The van der Waals surface area contributed by atoms with Crippen molar-refractivity contribution in [2.75, 3.05) is 5.75 Å². The van der Waals surface area contributed by atoms with Crippen molar-refractivity contribution in [3.63, 3.8) is 0 Å². The molecular formula is C24H21FN4O3S. The van der Waals surface area contributed by atoms with Crippen LogP contribution in [-0.4, -0.2) is 41.5 Å². The summed E-state index contributed by atoms with van der Waals surface area (Å²) < 4.78 is 21.3. The molecule has 0 spiro atoms. The van der Waals surface area contributed by atoms with E-state index < -0.39 is 5.79 Å². The van der Waals surface area contributed by atoms with Gasteiger partial charge in [-0.1, -0.05) is 23.9 Å². The quantitative estimate of drug-likeness (QED) is 0.239. The van der Waals surface area contributed by atoms with Crippen LogP contribution in [0, 0.1) is 5.82 Å². The first kappa shape index (κ1) is 21.4. The largest absolute Gasteiger partial charge is 0.453 e. The zero-order chi connectivity index (χ0) is 23.0. The maximum absolute atomic E-state index is 13.2. The molecule has 0 saturated heterocycles. The molecule has 33 heavy (non-hydrogen) atoms. The second kappa shape index (κ2) is 8.51. The van der Waals surface area contributed by atoms with Gasteiger partial charge >= 0.3 is 0 Å². The summed E-state index contributed by atoms with van der Waals surface area (Å²) in [6.45, 7) is 1.96. The topological polar surface area (TPSA) is 100 Å². The van der Waals surface area contributed by atoms with Crippen molar-refractivity contribution in [3.05, 3.63) is 78.2 Å². The molecular weight excluding hydrogens is 443 g/mol. The molecule has 0 saturated carbocycles. The first-order valence-corrected chi connectivity index (χ1v) is 11.3. The molecule has 0 bridgehead atoms. The SMILES string of the molecule is CC(O)(O)CSc1n[nH]c(-c2ccc(-c3ccc4c(ccn4Cc4ccc(F)cc4)c3)o2)n1. The fourth-order valence-electron chi connectivity index (χ4n) is 3.52. The van der Waals surface area contributed by atoms with Crippen molar-refractivity contribution in [2.45, 2.75) is 24.4 Å². The van der Waals surface area contributed by atoms with Crippen LogP contribution in [0.5, 0.6) is 0 Å². The summed E-state index contributed by atoms with van der Waals surface area (Å²) in [5.74, 6) is -0.282. The summed E-state index contributed by atoms with van der Waals surface area (Å²) in [4.78, 5) is 4.34. The Balaban J connectivity index is 1.34. The lowest BCUT2D eigenvalue weighted by atomic mass is 10.1. The number of aliphatic hydroxyl groups is 2. The number of rotatable bonds is 7. The third-order valence-electron chi connectivity index (χ3n) is 5.10. The van der Waals surface area contributed by atoms with Crippen LogP contribution in [0.3, 0.4) is 0 Å². The van der Waals surface area contributed by atoms with Crippen LogP contribution in [0.4, 0.5) is 4.39 Å². The van der Waals surface area contributed by atoms with E-state index in [1.807, 2.05) is 36.5 Å². The molecule has 9 heteroatoms. The van der Waals surface area contributed by atoms with Gasteiger partial charge in [0.05, 0.1) is 5.75 Å². The molecule has 7 nitrogen and oxygen atoms in total. The molecule has 0 aliphatic rings. The van der Waals surface area contributed by atoms with E-state index in [2.05, 4.69) is 25.8 Å². The molecule has 0 aliphatic heterocycles. The van der Waals surface area contributed by atoms with Gasteiger partial charge in [0.2, 0.25) is 5.16 Å². The van der Waals surface area contributed by atoms with Crippen LogP contribution >= 0.6 is 11.8 Å². The third-order valence-corrected chi connectivity index (χ3v) is 6.23. The zero-order valence-electron chi connectivity index (χ0n) is 17.7. The van der Waals surface area contributed by atoms with Crippen LogP contribution in [0.1, 0.15) is 12.5 Å². The van der Waals surface area contributed by atoms with Gasteiger partial charge in [0.1, 0.15) is 11.6 Å². The fraction of sp³-hybridized carbons (Fsp3) is 0.167. The number of furan rings is 1. The average Bonchev–Trinajstić information content (AvgIpc) is 3.53. The van der Waals surface area contributed by atoms with Gasteiger partial charge in [0.15, 0.2) is 17.4 Å². The van der Waals surface area contributed by atoms with Gasteiger partial charge in [-0.25, -0.2) is 4.39 Å². The number of aromatic nitrogens is 4. The molecule has 0 aliphatic carbocycles. The molecule has 3 heterocycles. The lowest BCUT2D eigenvalue weighted by Crippen LogP contribution is -2.25. The van der Waals surface area contributed by atoms with Gasteiger partial charge in [0, 0.05) is 29.2 Å². The van der Waals surface area contributed by atoms with E-state index in [9.17, 15) is 14.6 Å². The molecule has 168 valence electrons. The van der Waals surface area contributed by atoms with E-state index in [-0.39, 0.29) is 11.6 Å². The number of benzene rings is 2. The smallest absolute Gasteiger partial charge is 0.209 e. The van der Waals surface area contributed by atoms with Crippen molar-refractivity contribution in [3.8, 4) is 22.9 Å². The molecule has 5 aromatic rings. The van der Waals surface area contributed by atoms with Crippen molar-refractivity contribution in [1.29, 1.82) is 0 Å². The van der Waals surface area contributed by atoms with E-state index >= 15 is 0 Å². The van der Waals surface area contributed by atoms with Crippen molar-refractivity contribution in [1.82, 2.24) is 19.7 Å². The van der Waals surface area contributed by atoms with Crippen molar-refractivity contribution < 1.29 is 19.0 Å². The van der Waals surface area contributed by atoms with E-state index in [1.165, 1.54) is 19.1 Å². The number of nitrogens with zero attached hydrogens (tertiary/aromatic N) is 3. The molecule has 0 atom stereocenters. The maximum Gasteiger partial charge on any atom is 0.209 e. The first-order chi connectivity index (χ1) is 15.8. The second-order valence-corrected chi connectivity index (χ2v) is 8.92. The van der Waals surface area contributed by atoms with Gasteiger partial charge in [0.25, 0.3) is 0 Å². The predicted molar refractivity (Wildman–Crippen MR) is 124 cm³/mol. The van der Waals surface area contributed by atoms with Crippen LogP contribution < -0.4 is 0 Å². The van der Waals surface area contributed by atoms with E-state index in [0.717, 1.165) is 33.8 Å². The predicted octanol–water partition coefficient (Wildman–Crippen LogP) is 4.67. The van der Waals surface area contributed by atoms with Gasteiger partial charge in [-0.2, -0.15) is 4.98 Å². The number of hydrogen-bond donors (Lipinski definition) is 3. The molecule has 2 aromatic carbocycles. The Bertz CT molecular complexity index is 1400. The minimum absolute atomic E-state index is 0.0501. The van der Waals surface area contributed by atoms with Gasteiger partial charge < -0.3 is 19.2 Å². The van der Waals surface area contributed by atoms with Crippen molar-refractivity contribution in [2.24, 2.45) is 0 Å². The highest BCUT2D eigenvalue weighted by Gasteiger charge is 2.18. The lowest BCUT2D eigenvalue weighted by molar-refractivity contribution is -0.123. The number of aromatic amines is 1. The molecule has 0 fully saturated rings. The van der Waals surface area contributed by atoms with Crippen molar-refractivity contribution >= 4 is 22.7 Å². The Morgan fingerprint density at radius 1 is 1.06 bits per heavy atom. The highest BCUT2D eigenvalue weighted by atomic mass is 32.2. The van der Waals surface area contributed by atoms with Gasteiger partial charge in [-0.05, 0) is 61.0 Å². The maximum atomic E-state index is 13.2. The van der Waals surface area contributed by atoms with Gasteiger partial charge in [-0.3, -0.25) is 5.10 Å². The van der Waals surface area contributed by atoms with Gasteiger partial charge in [-0.15, -0.1) is 5.10 Å². The lowest BCUT2D eigenvalue weighted by Gasteiger charge is -2.12. The molecule has 5 rings (SSSR count). The fourth-order valence-corrected chi connectivity index (χ4v) is 4.19. The highest BCUT2D eigenvalue weighted by Crippen LogP contribution is 2.30. The Labute approximate surface area is 192 Å². The Morgan fingerprint density at radius 3 is 2.64 bits per heavy atom. The van der Waals surface area contributed by atoms with Crippen LogP contribution in [0.15, 0.2) is 76.4 Å². The summed E-state index contributed by atoms with van der Waals surface area (Å²) in [6.07, 6.45) is 2.02. The molecule has 3 N–H and O–H groups in total. The minimum Gasteiger partial charge on any atom is -0.453 e. The highest BCUT2D eigenvalue weighted by molar-refractivity contribution is 7.99. The first-order valence-electron chi connectivity index (χ1n) is 10.3. The number of fused-ring (bicyclic) bond motifs is 1. The second-order valence-electron chi connectivity index (χ2n) is 7.98.